The molecular formula is C14H8BrCl2NO. The fourth-order valence-electron chi connectivity index (χ4n) is 1.53. The number of nitriles is 1. The van der Waals surface area contributed by atoms with Gasteiger partial charge in [-0.15, -0.1) is 0 Å². The molecule has 0 radical (unpaired) electrons. The lowest BCUT2D eigenvalue weighted by Crippen LogP contribution is -1.98. The van der Waals surface area contributed by atoms with Crippen molar-refractivity contribution in [2.24, 2.45) is 0 Å². The quantitative estimate of drug-likeness (QED) is 0.756. The van der Waals surface area contributed by atoms with E-state index in [1.54, 1.807) is 24.3 Å². The van der Waals surface area contributed by atoms with E-state index in [0.717, 1.165) is 10.0 Å². The third-order valence-corrected chi connectivity index (χ3v) is 3.83. The van der Waals surface area contributed by atoms with Gasteiger partial charge in [-0.2, -0.15) is 5.26 Å². The minimum absolute atomic E-state index is 0.260. The Morgan fingerprint density at radius 1 is 1.21 bits per heavy atom. The van der Waals surface area contributed by atoms with E-state index in [1.807, 2.05) is 12.1 Å². The monoisotopic (exact) mass is 355 g/mol. The Bertz CT molecular complexity index is 652. The van der Waals surface area contributed by atoms with Gasteiger partial charge in [0.05, 0.1) is 15.6 Å². The molecule has 2 nitrogen and oxygen atoms in total. The molecular weight excluding hydrogens is 349 g/mol. The number of hydrogen-bond donors (Lipinski definition) is 0. The van der Waals surface area contributed by atoms with Gasteiger partial charge in [0.1, 0.15) is 18.4 Å². The molecule has 0 aliphatic rings. The largest absolute Gasteiger partial charge is 0.487 e. The van der Waals surface area contributed by atoms with Gasteiger partial charge in [-0.25, -0.2) is 0 Å². The Balaban J connectivity index is 2.20. The van der Waals surface area contributed by atoms with Gasteiger partial charge in [0.2, 0.25) is 0 Å². The van der Waals surface area contributed by atoms with Crippen LogP contribution >= 0.6 is 39.1 Å². The standard InChI is InChI=1S/C14H8BrCl2NO/c15-11-4-5-13(10(6-11)7-18)19-8-9-2-1-3-12(16)14(9)17/h1-6H,8H2. The third kappa shape index (κ3) is 3.42. The predicted molar refractivity (Wildman–Crippen MR) is 79.7 cm³/mol. The lowest BCUT2D eigenvalue weighted by atomic mass is 10.2. The fraction of sp³-hybridized carbons (Fsp3) is 0.0714. The van der Waals surface area contributed by atoms with Crippen molar-refractivity contribution in [2.45, 2.75) is 6.61 Å². The first-order valence-corrected chi connectivity index (χ1v) is 6.92. The molecule has 96 valence electrons. The Hall–Kier alpha value is -1.21. The molecule has 0 aliphatic carbocycles. The first kappa shape index (κ1) is 14.2. The molecule has 0 saturated heterocycles. The summed E-state index contributed by atoms with van der Waals surface area (Å²) in [6.07, 6.45) is 0. The van der Waals surface area contributed by atoms with Crippen LogP contribution in [0.4, 0.5) is 0 Å². The molecule has 0 bridgehead atoms. The van der Waals surface area contributed by atoms with Gasteiger partial charge in [0, 0.05) is 10.0 Å². The predicted octanol–water partition coefficient (Wildman–Crippen LogP) is 5.21. The van der Waals surface area contributed by atoms with Crippen molar-refractivity contribution in [3.8, 4) is 11.8 Å². The summed E-state index contributed by atoms with van der Waals surface area (Å²) in [6.45, 7) is 0.260. The van der Waals surface area contributed by atoms with Crippen molar-refractivity contribution >= 4 is 39.1 Å². The molecule has 0 aliphatic heterocycles. The zero-order valence-electron chi connectivity index (χ0n) is 9.66. The molecule has 2 rings (SSSR count). The van der Waals surface area contributed by atoms with E-state index >= 15 is 0 Å². The van der Waals surface area contributed by atoms with Crippen molar-refractivity contribution in [3.05, 3.63) is 62.0 Å². The second-order valence-electron chi connectivity index (χ2n) is 3.75. The summed E-state index contributed by atoms with van der Waals surface area (Å²) in [4.78, 5) is 0. The van der Waals surface area contributed by atoms with E-state index in [2.05, 4.69) is 22.0 Å². The highest BCUT2D eigenvalue weighted by Crippen LogP contribution is 2.28. The van der Waals surface area contributed by atoms with Gasteiger partial charge < -0.3 is 4.74 Å². The molecule has 2 aromatic carbocycles. The van der Waals surface area contributed by atoms with Crippen LogP contribution in [0.15, 0.2) is 40.9 Å². The van der Waals surface area contributed by atoms with Crippen LogP contribution in [0.2, 0.25) is 10.0 Å². The zero-order chi connectivity index (χ0) is 13.8. The van der Waals surface area contributed by atoms with Gasteiger partial charge in [0.25, 0.3) is 0 Å². The van der Waals surface area contributed by atoms with Gasteiger partial charge in [-0.3, -0.25) is 0 Å². The van der Waals surface area contributed by atoms with E-state index in [4.69, 9.17) is 33.2 Å². The number of benzene rings is 2. The fourth-order valence-corrected chi connectivity index (χ4v) is 2.27. The summed E-state index contributed by atoms with van der Waals surface area (Å²) in [5.41, 5.74) is 1.24. The lowest BCUT2D eigenvalue weighted by Gasteiger charge is -2.10. The molecule has 0 atom stereocenters. The highest BCUT2D eigenvalue weighted by molar-refractivity contribution is 9.10. The highest BCUT2D eigenvalue weighted by atomic mass is 79.9. The third-order valence-electron chi connectivity index (χ3n) is 2.48. The minimum Gasteiger partial charge on any atom is -0.487 e. The summed E-state index contributed by atoms with van der Waals surface area (Å²) in [5, 5.41) is 10.00. The van der Waals surface area contributed by atoms with Crippen LogP contribution in [-0.4, -0.2) is 0 Å². The van der Waals surface area contributed by atoms with Crippen LogP contribution in [0, 0.1) is 11.3 Å². The summed E-state index contributed by atoms with van der Waals surface area (Å²) in [5.74, 6) is 0.516. The Labute approximate surface area is 129 Å². The number of hydrogen-bond acceptors (Lipinski definition) is 2. The van der Waals surface area contributed by atoms with Crippen molar-refractivity contribution in [2.75, 3.05) is 0 Å². The summed E-state index contributed by atoms with van der Waals surface area (Å²) in [7, 11) is 0. The van der Waals surface area contributed by atoms with Crippen LogP contribution in [0.3, 0.4) is 0 Å². The second-order valence-corrected chi connectivity index (χ2v) is 5.45. The average Bonchev–Trinajstić information content (AvgIpc) is 2.41. The topological polar surface area (TPSA) is 33.0 Å². The smallest absolute Gasteiger partial charge is 0.137 e. The van der Waals surface area contributed by atoms with Gasteiger partial charge in [-0.1, -0.05) is 51.3 Å². The Morgan fingerprint density at radius 2 is 2.00 bits per heavy atom. The first-order valence-electron chi connectivity index (χ1n) is 5.37. The molecule has 0 spiro atoms. The summed E-state index contributed by atoms with van der Waals surface area (Å²) >= 11 is 15.3. The molecule has 0 fully saturated rings. The normalized spacial score (nSPS) is 10.0. The van der Waals surface area contributed by atoms with Gasteiger partial charge >= 0.3 is 0 Å². The molecule has 0 amide bonds. The lowest BCUT2D eigenvalue weighted by molar-refractivity contribution is 0.305. The van der Waals surface area contributed by atoms with Crippen molar-refractivity contribution in [3.63, 3.8) is 0 Å². The minimum atomic E-state index is 0.260. The number of rotatable bonds is 3. The Kier molecular flexibility index (Phi) is 4.71. The molecule has 0 aromatic heterocycles. The van der Waals surface area contributed by atoms with E-state index in [-0.39, 0.29) is 6.61 Å². The summed E-state index contributed by atoms with van der Waals surface area (Å²) < 4.78 is 6.45. The number of halogens is 3. The van der Waals surface area contributed by atoms with Crippen molar-refractivity contribution in [1.82, 2.24) is 0 Å². The Morgan fingerprint density at radius 3 is 2.74 bits per heavy atom. The highest BCUT2D eigenvalue weighted by Gasteiger charge is 2.08. The maximum atomic E-state index is 9.04. The number of nitrogens with zero attached hydrogens (tertiary/aromatic N) is 1. The second kappa shape index (κ2) is 6.29. The van der Waals surface area contributed by atoms with Gasteiger partial charge in [-0.05, 0) is 24.3 Å². The molecule has 0 heterocycles. The van der Waals surface area contributed by atoms with E-state index in [9.17, 15) is 0 Å². The first-order chi connectivity index (χ1) is 9.11. The number of ether oxygens (including phenoxy) is 1. The van der Waals surface area contributed by atoms with Crippen molar-refractivity contribution < 1.29 is 4.74 Å². The molecule has 19 heavy (non-hydrogen) atoms. The molecule has 0 N–H and O–H groups in total. The van der Waals surface area contributed by atoms with Crippen LogP contribution in [0.1, 0.15) is 11.1 Å². The van der Waals surface area contributed by atoms with Crippen LogP contribution in [0.25, 0.3) is 0 Å². The van der Waals surface area contributed by atoms with Crippen molar-refractivity contribution in [1.29, 1.82) is 5.26 Å². The molecule has 0 unspecified atom stereocenters. The SMILES string of the molecule is N#Cc1cc(Br)ccc1OCc1cccc(Cl)c1Cl. The zero-order valence-corrected chi connectivity index (χ0v) is 12.8. The summed E-state index contributed by atoms with van der Waals surface area (Å²) in [6, 6.07) is 12.7. The average molecular weight is 357 g/mol. The van der Waals surface area contributed by atoms with Crippen LogP contribution < -0.4 is 4.74 Å². The van der Waals surface area contributed by atoms with Gasteiger partial charge in [0.15, 0.2) is 0 Å². The van der Waals surface area contributed by atoms with Crippen LogP contribution in [0.5, 0.6) is 5.75 Å². The molecule has 2 aromatic rings. The molecule has 5 heteroatoms. The maximum absolute atomic E-state index is 9.04. The van der Waals surface area contributed by atoms with E-state index < -0.39 is 0 Å². The van der Waals surface area contributed by atoms with Crippen LogP contribution in [-0.2, 0) is 6.61 Å². The van der Waals surface area contributed by atoms with E-state index in [0.29, 0.717) is 21.4 Å². The van der Waals surface area contributed by atoms with E-state index in [1.165, 1.54) is 0 Å². The molecule has 0 saturated carbocycles. The maximum Gasteiger partial charge on any atom is 0.137 e.